The summed E-state index contributed by atoms with van der Waals surface area (Å²) in [5.41, 5.74) is -1.07. The molecular weight excluding hydrogens is 728 g/mol. The van der Waals surface area contributed by atoms with Gasteiger partial charge in [0, 0.05) is 134 Å². The molecule has 0 fully saturated rings. The predicted molar refractivity (Wildman–Crippen MR) is 210 cm³/mol. The van der Waals surface area contributed by atoms with Crippen LogP contribution in [0.1, 0.15) is 93.4 Å². The zero-order valence-electron chi connectivity index (χ0n) is 34.6. The fourth-order valence-electron chi connectivity index (χ4n) is 4.42. The Balaban J connectivity index is 4.73. The van der Waals surface area contributed by atoms with E-state index in [1.165, 1.54) is 0 Å². The lowest BCUT2D eigenvalue weighted by molar-refractivity contribution is -0.129. The summed E-state index contributed by atoms with van der Waals surface area (Å²) in [7, 11) is 0. The molecule has 0 aromatic rings. The molecule has 56 heavy (non-hydrogen) atoms. The van der Waals surface area contributed by atoms with Crippen molar-refractivity contribution in [2.24, 2.45) is 10.8 Å². The van der Waals surface area contributed by atoms with Gasteiger partial charge in [0.2, 0.25) is 53.2 Å². The normalized spacial score (nSPS) is 11.1. The van der Waals surface area contributed by atoms with Crippen LogP contribution >= 0.6 is 0 Å². The molecule has 320 valence electrons. The molecule has 0 aromatic heterocycles. The van der Waals surface area contributed by atoms with Gasteiger partial charge in [0.1, 0.15) is 0 Å². The molecule has 0 spiro atoms. The van der Waals surface area contributed by atoms with Crippen molar-refractivity contribution in [3.63, 3.8) is 0 Å². The Morgan fingerprint density at radius 3 is 0.786 bits per heavy atom. The molecule has 0 radical (unpaired) electrons. The summed E-state index contributed by atoms with van der Waals surface area (Å²) in [6.07, 6.45) is 0.171. The molecule has 0 aliphatic rings. The van der Waals surface area contributed by atoms with Crippen molar-refractivity contribution in [1.29, 1.82) is 0 Å². The van der Waals surface area contributed by atoms with E-state index in [-0.39, 0.29) is 144 Å². The van der Waals surface area contributed by atoms with Gasteiger partial charge in [-0.05, 0) is 0 Å². The summed E-state index contributed by atoms with van der Waals surface area (Å²) in [6.45, 7) is 15.8. The molecule has 0 unspecified atom stereocenters. The highest BCUT2D eigenvalue weighted by molar-refractivity contribution is 5.85. The molecule has 0 aromatic carbocycles. The zero-order valence-corrected chi connectivity index (χ0v) is 34.6. The van der Waals surface area contributed by atoms with Crippen LogP contribution in [0.4, 0.5) is 0 Å². The molecule has 0 aliphatic heterocycles. The van der Waals surface area contributed by atoms with Crippen molar-refractivity contribution in [3.8, 4) is 0 Å². The first-order chi connectivity index (χ1) is 26.2. The van der Waals surface area contributed by atoms with E-state index in [1.54, 1.807) is 48.5 Å². The highest BCUT2D eigenvalue weighted by Crippen LogP contribution is 2.12. The summed E-state index contributed by atoms with van der Waals surface area (Å²) >= 11 is 0. The summed E-state index contributed by atoms with van der Waals surface area (Å²) in [5, 5.41) is 24.4. The predicted octanol–water partition coefficient (Wildman–Crippen LogP) is -1.82. The van der Waals surface area contributed by atoms with Crippen LogP contribution in [0, 0.1) is 10.8 Å². The Hall–Kier alpha value is -4.81. The minimum absolute atomic E-state index is 0.0209. The Morgan fingerprint density at radius 1 is 0.339 bits per heavy atom. The molecule has 19 nitrogen and oxygen atoms in total. The van der Waals surface area contributed by atoms with Crippen LogP contribution in [0.5, 0.6) is 0 Å². The number of carbonyl (C=O) groups excluding carboxylic acids is 9. The standard InChI is InChI=1S/C37H68N10O9/c1-8-27(48)38-15-16-39-28(49)9-12-31(52)42-21-24-47(25-22-43-32(53)13-10-29(50)40-17-19-45-34(55)36(2,3)4)26-23-44-33(54)14-11-30(51)41-18-20-46-35(56)37(5,6)7/h8-26H2,1-7H3,(H,38,48)(H,39,49)(H,40,50)(H,41,51)(H,42,52)(H,43,53)(H,44,54)(H,45,55)(H,46,56). The van der Waals surface area contributed by atoms with E-state index < -0.39 is 10.8 Å². The zero-order chi connectivity index (χ0) is 42.6. The molecule has 0 aliphatic carbocycles. The van der Waals surface area contributed by atoms with Gasteiger partial charge in [0.05, 0.1) is 0 Å². The lowest BCUT2D eigenvalue weighted by atomic mass is 9.96. The van der Waals surface area contributed by atoms with Crippen LogP contribution in [0.2, 0.25) is 0 Å². The van der Waals surface area contributed by atoms with Crippen LogP contribution in [0.15, 0.2) is 0 Å². The van der Waals surface area contributed by atoms with Crippen molar-refractivity contribution in [2.45, 2.75) is 93.4 Å². The Labute approximate surface area is 331 Å². The van der Waals surface area contributed by atoms with Gasteiger partial charge in [-0.2, -0.15) is 0 Å². The largest absolute Gasteiger partial charge is 0.355 e. The van der Waals surface area contributed by atoms with Gasteiger partial charge < -0.3 is 47.9 Å². The van der Waals surface area contributed by atoms with E-state index in [1.807, 2.05) is 4.90 Å². The molecule has 0 saturated carbocycles. The second-order valence-corrected chi connectivity index (χ2v) is 15.2. The highest BCUT2D eigenvalue weighted by Gasteiger charge is 2.21. The Bertz CT molecular complexity index is 1230. The number of amides is 9. The third-order valence-corrected chi connectivity index (χ3v) is 7.91. The van der Waals surface area contributed by atoms with Crippen LogP contribution in [-0.4, -0.2) is 137 Å². The van der Waals surface area contributed by atoms with Crippen LogP contribution < -0.4 is 47.9 Å². The van der Waals surface area contributed by atoms with Crippen LogP contribution in [0.25, 0.3) is 0 Å². The number of nitrogens with zero attached hydrogens (tertiary/aromatic N) is 1. The molecule has 0 heterocycles. The van der Waals surface area contributed by atoms with Crippen molar-refractivity contribution in [1.82, 2.24) is 52.8 Å². The number of nitrogens with one attached hydrogen (secondary N) is 9. The van der Waals surface area contributed by atoms with Crippen LogP contribution in [0.3, 0.4) is 0 Å². The molecule has 0 atom stereocenters. The van der Waals surface area contributed by atoms with Gasteiger partial charge in [-0.15, -0.1) is 0 Å². The van der Waals surface area contributed by atoms with Crippen molar-refractivity contribution >= 4 is 53.2 Å². The van der Waals surface area contributed by atoms with E-state index in [0.717, 1.165) is 0 Å². The number of hydrogen-bond acceptors (Lipinski definition) is 10. The third-order valence-electron chi connectivity index (χ3n) is 7.91. The maximum Gasteiger partial charge on any atom is 0.225 e. The topological polar surface area (TPSA) is 265 Å². The maximum atomic E-state index is 12.4. The van der Waals surface area contributed by atoms with Gasteiger partial charge in [0.25, 0.3) is 0 Å². The lowest BCUT2D eigenvalue weighted by Crippen LogP contribution is -2.43. The number of carbonyl (C=O) groups is 9. The Kier molecular flexibility index (Phi) is 26.1. The quantitative estimate of drug-likeness (QED) is 0.0400. The lowest BCUT2D eigenvalue weighted by Gasteiger charge is -2.23. The highest BCUT2D eigenvalue weighted by atomic mass is 16.2. The minimum atomic E-state index is -0.537. The fourth-order valence-corrected chi connectivity index (χ4v) is 4.42. The van der Waals surface area contributed by atoms with Crippen molar-refractivity contribution < 1.29 is 43.2 Å². The first kappa shape index (κ1) is 51.2. The van der Waals surface area contributed by atoms with Gasteiger partial charge in [-0.25, -0.2) is 0 Å². The summed E-state index contributed by atoms with van der Waals surface area (Å²) < 4.78 is 0. The Morgan fingerprint density at radius 2 is 0.554 bits per heavy atom. The maximum absolute atomic E-state index is 12.4. The SMILES string of the molecule is CCC(=O)NCCNC(=O)CCC(=O)NCCN(CCNC(=O)CCC(=O)NCCNC(=O)C(C)(C)C)CCNC(=O)CCC(=O)NCCNC(=O)C(C)(C)C. The molecule has 19 heteroatoms. The monoisotopic (exact) mass is 797 g/mol. The van der Waals surface area contributed by atoms with E-state index in [4.69, 9.17) is 0 Å². The van der Waals surface area contributed by atoms with E-state index in [2.05, 4.69) is 47.9 Å². The summed E-state index contributed by atoms with van der Waals surface area (Å²) in [4.78, 5) is 111. The smallest absolute Gasteiger partial charge is 0.225 e. The average Bonchev–Trinajstić information content (AvgIpc) is 3.12. The van der Waals surface area contributed by atoms with Gasteiger partial charge in [-0.1, -0.05) is 48.5 Å². The van der Waals surface area contributed by atoms with E-state index in [0.29, 0.717) is 32.6 Å². The van der Waals surface area contributed by atoms with Crippen LogP contribution in [-0.2, 0) is 43.2 Å². The van der Waals surface area contributed by atoms with Gasteiger partial charge >= 0.3 is 0 Å². The first-order valence-corrected chi connectivity index (χ1v) is 19.4. The third kappa shape index (κ3) is 28.6. The fraction of sp³-hybridized carbons (Fsp3) is 0.757. The van der Waals surface area contributed by atoms with Crippen molar-refractivity contribution in [3.05, 3.63) is 0 Å². The first-order valence-electron chi connectivity index (χ1n) is 19.4. The number of hydrogen-bond donors (Lipinski definition) is 9. The van der Waals surface area contributed by atoms with Crippen molar-refractivity contribution in [2.75, 3.05) is 78.5 Å². The molecule has 0 bridgehead atoms. The molecule has 0 rings (SSSR count). The van der Waals surface area contributed by atoms with Gasteiger partial charge in [0.15, 0.2) is 0 Å². The average molecular weight is 797 g/mol. The second-order valence-electron chi connectivity index (χ2n) is 15.2. The van der Waals surface area contributed by atoms with E-state index in [9.17, 15) is 43.2 Å². The summed E-state index contributed by atoms with van der Waals surface area (Å²) in [5.74, 6) is -2.33. The molecule has 9 amide bonds. The summed E-state index contributed by atoms with van der Waals surface area (Å²) in [6, 6.07) is 0. The molecule has 0 saturated heterocycles. The minimum Gasteiger partial charge on any atom is -0.355 e. The second kappa shape index (κ2) is 28.6. The van der Waals surface area contributed by atoms with E-state index >= 15 is 0 Å². The molecular formula is C37H68N10O9. The number of rotatable bonds is 28. The van der Waals surface area contributed by atoms with Gasteiger partial charge in [-0.3, -0.25) is 48.1 Å². The molecule has 9 N–H and O–H groups in total.